The van der Waals surface area contributed by atoms with Gasteiger partial charge in [0.25, 0.3) is 0 Å². The number of rotatable bonds is 5. The number of carbonyl (C=O) groups excluding carboxylic acids is 1. The molecule has 0 fully saturated rings. The van der Waals surface area contributed by atoms with E-state index in [0.717, 1.165) is 0 Å². The normalized spacial score (nSPS) is 13.1. The highest BCUT2D eigenvalue weighted by Gasteiger charge is 2.08. The molecule has 0 aromatic carbocycles. The molecule has 1 amide bonds. The molecule has 0 saturated heterocycles. The highest BCUT2D eigenvalue weighted by atomic mass is 16.3. The largest absolute Gasteiger partial charge is 0.390 e. The summed E-state index contributed by atoms with van der Waals surface area (Å²) in [7, 11) is 3.34. The Morgan fingerprint density at radius 2 is 2.33 bits per heavy atom. The van der Waals surface area contributed by atoms with Crippen molar-refractivity contribution in [2.24, 2.45) is 5.73 Å². The standard InChI is InChI=1S/C7H17N3O2/c1-9-7(12)5-10(2)4-6(11)3-8/h6,11H,3-5,8H2,1-2H3,(H,9,12). The molecule has 1 atom stereocenters. The topological polar surface area (TPSA) is 78.6 Å². The summed E-state index contributed by atoms with van der Waals surface area (Å²) in [5, 5.41) is 11.6. The number of hydrogen-bond donors (Lipinski definition) is 3. The number of hydrogen-bond acceptors (Lipinski definition) is 4. The molecule has 5 heteroatoms. The van der Waals surface area contributed by atoms with Gasteiger partial charge in [0.05, 0.1) is 12.6 Å². The molecule has 72 valence electrons. The zero-order chi connectivity index (χ0) is 9.56. The van der Waals surface area contributed by atoms with E-state index in [-0.39, 0.29) is 19.0 Å². The van der Waals surface area contributed by atoms with Gasteiger partial charge in [0.15, 0.2) is 0 Å². The maximum Gasteiger partial charge on any atom is 0.233 e. The van der Waals surface area contributed by atoms with Crippen molar-refractivity contribution in [2.45, 2.75) is 6.10 Å². The molecule has 12 heavy (non-hydrogen) atoms. The van der Waals surface area contributed by atoms with Crippen molar-refractivity contribution < 1.29 is 9.90 Å². The van der Waals surface area contributed by atoms with Crippen LogP contribution in [-0.4, -0.2) is 55.7 Å². The zero-order valence-corrected chi connectivity index (χ0v) is 7.58. The highest BCUT2D eigenvalue weighted by molar-refractivity contribution is 5.77. The first-order valence-corrected chi connectivity index (χ1v) is 3.87. The number of carbonyl (C=O) groups is 1. The second kappa shape index (κ2) is 5.93. The molecule has 1 unspecified atom stereocenters. The van der Waals surface area contributed by atoms with Crippen LogP contribution in [0.25, 0.3) is 0 Å². The van der Waals surface area contributed by atoms with E-state index in [1.54, 1.807) is 19.0 Å². The summed E-state index contributed by atoms with van der Waals surface area (Å²) in [6.07, 6.45) is -0.556. The van der Waals surface area contributed by atoms with Crippen molar-refractivity contribution in [3.05, 3.63) is 0 Å². The summed E-state index contributed by atoms with van der Waals surface area (Å²) in [4.78, 5) is 12.5. The summed E-state index contributed by atoms with van der Waals surface area (Å²) in [5.74, 6) is -0.0679. The first-order valence-electron chi connectivity index (χ1n) is 3.87. The minimum absolute atomic E-state index is 0.0679. The first-order chi connectivity index (χ1) is 5.60. The van der Waals surface area contributed by atoms with Crippen molar-refractivity contribution in [3.8, 4) is 0 Å². The molecule has 4 N–H and O–H groups in total. The molecule has 0 heterocycles. The van der Waals surface area contributed by atoms with Crippen LogP contribution in [0.15, 0.2) is 0 Å². The van der Waals surface area contributed by atoms with E-state index in [4.69, 9.17) is 10.8 Å². The number of aliphatic hydroxyl groups excluding tert-OH is 1. The molecule has 0 aromatic rings. The van der Waals surface area contributed by atoms with Crippen LogP contribution in [0.5, 0.6) is 0 Å². The van der Waals surface area contributed by atoms with Crippen molar-refractivity contribution >= 4 is 5.91 Å². The lowest BCUT2D eigenvalue weighted by molar-refractivity contribution is -0.121. The third kappa shape index (κ3) is 5.06. The summed E-state index contributed by atoms with van der Waals surface area (Å²) in [6, 6.07) is 0. The Hall–Kier alpha value is -0.650. The maximum atomic E-state index is 10.8. The predicted molar refractivity (Wildman–Crippen MR) is 46.6 cm³/mol. The van der Waals surface area contributed by atoms with Gasteiger partial charge < -0.3 is 16.2 Å². The van der Waals surface area contributed by atoms with Crippen LogP contribution in [0.2, 0.25) is 0 Å². The minimum Gasteiger partial charge on any atom is -0.390 e. The van der Waals surface area contributed by atoms with Gasteiger partial charge in [-0.3, -0.25) is 9.69 Å². The summed E-state index contributed by atoms with van der Waals surface area (Å²) >= 11 is 0. The molecule has 0 bridgehead atoms. The van der Waals surface area contributed by atoms with E-state index in [2.05, 4.69) is 5.32 Å². The van der Waals surface area contributed by atoms with Gasteiger partial charge in [0, 0.05) is 20.1 Å². The highest BCUT2D eigenvalue weighted by Crippen LogP contribution is 1.86. The van der Waals surface area contributed by atoms with Gasteiger partial charge >= 0.3 is 0 Å². The molecular formula is C7H17N3O2. The fourth-order valence-electron chi connectivity index (χ4n) is 0.823. The quantitative estimate of drug-likeness (QED) is 0.451. The van der Waals surface area contributed by atoms with Crippen molar-refractivity contribution in [1.82, 2.24) is 10.2 Å². The Balaban J connectivity index is 3.58. The lowest BCUT2D eigenvalue weighted by Crippen LogP contribution is -2.39. The Bertz CT molecular complexity index is 141. The average molecular weight is 175 g/mol. The van der Waals surface area contributed by atoms with Gasteiger partial charge in [-0.1, -0.05) is 0 Å². The number of amides is 1. The lowest BCUT2D eigenvalue weighted by atomic mass is 10.3. The van der Waals surface area contributed by atoms with Crippen LogP contribution in [0.1, 0.15) is 0 Å². The van der Waals surface area contributed by atoms with Gasteiger partial charge in [-0.15, -0.1) is 0 Å². The SMILES string of the molecule is CNC(=O)CN(C)CC(O)CN. The summed E-state index contributed by atoms with van der Waals surface area (Å²) in [6.45, 7) is 0.926. The van der Waals surface area contributed by atoms with Gasteiger partial charge in [-0.2, -0.15) is 0 Å². The van der Waals surface area contributed by atoms with E-state index in [9.17, 15) is 4.79 Å². The second-order valence-electron chi connectivity index (χ2n) is 2.76. The summed E-state index contributed by atoms with van der Waals surface area (Å²) < 4.78 is 0. The average Bonchev–Trinajstić information content (AvgIpc) is 2.03. The number of nitrogens with one attached hydrogen (secondary N) is 1. The molecule has 0 aliphatic rings. The Kier molecular flexibility index (Phi) is 5.61. The van der Waals surface area contributed by atoms with Crippen LogP contribution >= 0.6 is 0 Å². The van der Waals surface area contributed by atoms with Crippen LogP contribution in [0.4, 0.5) is 0 Å². The summed E-state index contributed by atoms with van der Waals surface area (Å²) in [5.41, 5.74) is 5.21. The zero-order valence-electron chi connectivity index (χ0n) is 7.58. The van der Waals surface area contributed by atoms with E-state index in [0.29, 0.717) is 6.54 Å². The molecule has 5 nitrogen and oxygen atoms in total. The molecule has 0 aliphatic heterocycles. The third-order valence-electron chi connectivity index (χ3n) is 1.49. The predicted octanol–water partition coefficient (Wildman–Crippen LogP) is -2.02. The fourth-order valence-corrected chi connectivity index (χ4v) is 0.823. The van der Waals surface area contributed by atoms with Crippen LogP contribution in [0, 0.1) is 0 Å². The third-order valence-corrected chi connectivity index (χ3v) is 1.49. The number of nitrogens with zero attached hydrogens (tertiary/aromatic N) is 1. The Labute approximate surface area is 72.5 Å². The number of aliphatic hydroxyl groups is 1. The van der Waals surface area contributed by atoms with Crippen LogP contribution in [-0.2, 0) is 4.79 Å². The maximum absolute atomic E-state index is 10.8. The molecule has 0 saturated carbocycles. The molecule has 0 rings (SSSR count). The van der Waals surface area contributed by atoms with Crippen molar-refractivity contribution in [3.63, 3.8) is 0 Å². The van der Waals surface area contributed by atoms with E-state index in [1.807, 2.05) is 0 Å². The first kappa shape index (κ1) is 11.4. The number of nitrogens with two attached hydrogens (primary N) is 1. The van der Waals surface area contributed by atoms with E-state index in [1.165, 1.54) is 0 Å². The number of likely N-dealkylation sites (N-methyl/N-ethyl adjacent to an activating group) is 2. The Morgan fingerprint density at radius 3 is 2.75 bits per heavy atom. The molecule has 0 aromatic heterocycles. The smallest absolute Gasteiger partial charge is 0.233 e. The van der Waals surface area contributed by atoms with Crippen LogP contribution in [0.3, 0.4) is 0 Å². The van der Waals surface area contributed by atoms with Gasteiger partial charge in [-0.25, -0.2) is 0 Å². The molecule has 0 spiro atoms. The van der Waals surface area contributed by atoms with Crippen LogP contribution < -0.4 is 11.1 Å². The van der Waals surface area contributed by atoms with E-state index < -0.39 is 6.10 Å². The van der Waals surface area contributed by atoms with Crippen molar-refractivity contribution in [1.29, 1.82) is 0 Å². The van der Waals surface area contributed by atoms with Gasteiger partial charge in [0.2, 0.25) is 5.91 Å². The minimum atomic E-state index is -0.556. The molecule has 0 radical (unpaired) electrons. The lowest BCUT2D eigenvalue weighted by Gasteiger charge is -2.18. The molecular weight excluding hydrogens is 158 g/mol. The monoisotopic (exact) mass is 175 g/mol. The fraction of sp³-hybridized carbons (Fsp3) is 0.857. The van der Waals surface area contributed by atoms with Gasteiger partial charge in [0.1, 0.15) is 0 Å². The van der Waals surface area contributed by atoms with Crippen molar-refractivity contribution in [2.75, 3.05) is 33.7 Å². The van der Waals surface area contributed by atoms with E-state index >= 15 is 0 Å². The second-order valence-corrected chi connectivity index (χ2v) is 2.76. The van der Waals surface area contributed by atoms with Gasteiger partial charge in [-0.05, 0) is 7.05 Å². The molecule has 0 aliphatic carbocycles. The Morgan fingerprint density at radius 1 is 1.75 bits per heavy atom.